The van der Waals surface area contributed by atoms with Crippen LogP contribution in [0.5, 0.6) is 0 Å². The number of aliphatic hydroxyl groups is 1. The molecule has 6 amide bonds. The van der Waals surface area contributed by atoms with Gasteiger partial charge in [0.05, 0.1) is 7.11 Å². The number of hydrogen-bond donors (Lipinski definition) is 4. The number of likely N-dealkylation sites (N-methyl/N-ethyl adjacent to an activating group) is 2. The fourth-order valence-corrected chi connectivity index (χ4v) is 6.68. The Kier molecular flexibility index (Phi) is 19.3. The van der Waals surface area contributed by atoms with Gasteiger partial charge in [0, 0.05) is 33.5 Å². The van der Waals surface area contributed by atoms with Gasteiger partial charge in [0.15, 0.2) is 12.2 Å². The zero-order valence-corrected chi connectivity index (χ0v) is 35.6. The molecule has 0 saturated carbocycles. The molecule has 1 aromatic rings. The zero-order valence-electron chi connectivity index (χ0n) is 35.6. The molecule has 0 aromatic heterocycles. The number of hydrogen-bond acceptors (Lipinski definition) is 11. The summed E-state index contributed by atoms with van der Waals surface area (Å²) in [7, 11) is 4.00. The van der Waals surface area contributed by atoms with E-state index in [9.17, 15) is 43.5 Å². The molecule has 1 heterocycles. The quantitative estimate of drug-likeness (QED) is 0.128. The van der Waals surface area contributed by atoms with E-state index < -0.39 is 108 Å². The summed E-state index contributed by atoms with van der Waals surface area (Å²) >= 11 is 0. The van der Waals surface area contributed by atoms with Gasteiger partial charge in [0.2, 0.25) is 29.5 Å². The third kappa shape index (κ3) is 13.2. The van der Waals surface area contributed by atoms with Crippen molar-refractivity contribution in [3.05, 3.63) is 35.9 Å². The molecule has 8 unspecified atom stereocenters. The van der Waals surface area contributed by atoms with Crippen molar-refractivity contribution >= 4 is 47.4 Å². The number of aliphatic hydroxyl groups excluding tert-OH is 1. The molecule has 0 spiro atoms. The highest BCUT2D eigenvalue weighted by Crippen LogP contribution is 2.23. The molecule has 1 aliphatic rings. The largest absolute Gasteiger partial charge is 0.467 e. The molecule has 1 fully saturated rings. The molecule has 324 valence electrons. The first-order valence-corrected chi connectivity index (χ1v) is 19.9. The lowest BCUT2D eigenvalue weighted by Crippen LogP contribution is -2.60. The summed E-state index contributed by atoms with van der Waals surface area (Å²) < 4.78 is 10.3. The highest BCUT2D eigenvalue weighted by atomic mass is 16.6. The smallest absolute Gasteiger partial charge is 0.336 e. The van der Waals surface area contributed by atoms with Gasteiger partial charge in [-0.2, -0.15) is 0 Å². The Morgan fingerprint density at radius 3 is 2.02 bits per heavy atom. The average molecular weight is 817 g/mol. The van der Waals surface area contributed by atoms with Gasteiger partial charge in [-0.25, -0.2) is 9.59 Å². The first-order chi connectivity index (χ1) is 27.2. The first-order valence-electron chi connectivity index (χ1n) is 19.9. The van der Waals surface area contributed by atoms with Crippen molar-refractivity contribution in [2.24, 2.45) is 23.5 Å². The van der Waals surface area contributed by atoms with Gasteiger partial charge in [-0.15, -0.1) is 0 Å². The van der Waals surface area contributed by atoms with E-state index in [1.807, 2.05) is 18.2 Å². The van der Waals surface area contributed by atoms with E-state index in [1.54, 1.807) is 53.7 Å². The minimum absolute atomic E-state index is 0.132. The normalized spacial score (nSPS) is 17.5. The summed E-state index contributed by atoms with van der Waals surface area (Å²) in [6.45, 7) is 11.7. The number of rotatable bonds is 21. The summed E-state index contributed by atoms with van der Waals surface area (Å²) in [5.74, 6) is -7.18. The van der Waals surface area contributed by atoms with Crippen LogP contribution in [0.15, 0.2) is 30.3 Å². The lowest BCUT2D eigenvalue weighted by Gasteiger charge is -2.35. The van der Waals surface area contributed by atoms with E-state index in [-0.39, 0.29) is 19.3 Å². The second-order valence-corrected chi connectivity index (χ2v) is 15.7. The molecule has 8 atom stereocenters. The van der Waals surface area contributed by atoms with Gasteiger partial charge in [0.1, 0.15) is 30.2 Å². The van der Waals surface area contributed by atoms with Crippen molar-refractivity contribution < 1.29 is 52.9 Å². The number of likely N-dealkylation sites (tertiary alicyclic amines) is 1. The number of amides is 6. The van der Waals surface area contributed by atoms with Crippen LogP contribution in [-0.4, -0.2) is 137 Å². The molecule has 0 radical (unpaired) electrons. The van der Waals surface area contributed by atoms with Gasteiger partial charge < -0.3 is 45.6 Å². The van der Waals surface area contributed by atoms with E-state index in [1.165, 1.54) is 37.9 Å². The number of nitrogens with zero attached hydrogens (tertiary/aromatic N) is 3. The summed E-state index contributed by atoms with van der Waals surface area (Å²) in [5.41, 5.74) is 6.18. The Balaban J connectivity index is 2.36. The van der Waals surface area contributed by atoms with Crippen LogP contribution in [-0.2, 0) is 54.3 Å². The van der Waals surface area contributed by atoms with E-state index >= 15 is 0 Å². The molecular weight excluding hydrogens is 752 g/mol. The molecule has 0 bridgehead atoms. The van der Waals surface area contributed by atoms with Crippen LogP contribution in [0.4, 0.5) is 0 Å². The van der Waals surface area contributed by atoms with E-state index in [2.05, 4.69) is 10.6 Å². The lowest BCUT2D eigenvalue weighted by molar-refractivity contribution is -0.172. The number of nitrogens with one attached hydrogen (secondary N) is 2. The summed E-state index contributed by atoms with van der Waals surface area (Å²) in [5, 5.41) is 15.6. The fourth-order valence-electron chi connectivity index (χ4n) is 6.68. The van der Waals surface area contributed by atoms with Gasteiger partial charge in [-0.05, 0) is 49.5 Å². The molecule has 0 aliphatic carbocycles. The second-order valence-electron chi connectivity index (χ2n) is 15.7. The predicted octanol–water partition coefficient (Wildman–Crippen LogP) is 0.933. The SMILES string of the molecule is CCC(C)C(NC(=O)C(CCC(N)=O)N(C)C(=O)C(OC(=O)C(O)C(C)C)C(C)C)C(=O)NC(C)C(=O)N(C)C(Cc1ccccc1)C(=O)N1CCCC1C(=O)OC. The molecule has 17 nitrogen and oxygen atoms in total. The summed E-state index contributed by atoms with van der Waals surface area (Å²) in [6, 6.07) is 3.50. The monoisotopic (exact) mass is 816 g/mol. The van der Waals surface area contributed by atoms with Crippen molar-refractivity contribution in [3.63, 3.8) is 0 Å². The number of methoxy groups -OCH3 is 1. The number of carbonyl (C=O) groups excluding carboxylic acids is 8. The van der Waals surface area contributed by atoms with Crippen LogP contribution in [0, 0.1) is 17.8 Å². The highest BCUT2D eigenvalue weighted by Gasteiger charge is 2.42. The third-order valence-electron chi connectivity index (χ3n) is 10.7. The van der Waals surface area contributed by atoms with Gasteiger partial charge >= 0.3 is 11.9 Å². The van der Waals surface area contributed by atoms with Crippen LogP contribution in [0.2, 0.25) is 0 Å². The topological polar surface area (TPSA) is 235 Å². The van der Waals surface area contributed by atoms with Crippen molar-refractivity contribution in [2.75, 3.05) is 27.7 Å². The standard InChI is InChI=1S/C41H64N6O11/c1-11-25(6)32(44-35(50)28(19-20-31(42)48)45(8)39(54)34(24(4)5)58-41(56)33(49)23(2)3)36(51)43-26(7)37(52)46(9)30(22-27-16-13-12-14-17-27)38(53)47-21-15-18-29(47)40(55)57-10/h12-14,16-17,23-26,28-30,32-34,49H,11,15,18-22H2,1-10H3,(H2,42,48)(H,43,51)(H,44,50). The molecule has 2 rings (SSSR count). The number of ether oxygens (including phenoxy) is 2. The molecule has 17 heteroatoms. The first kappa shape index (κ1) is 49.1. The number of esters is 2. The molecule has 1 saturated heterocycles. The van der Waals surface area contributed by atoms with Gasteiger partial charge in [0.25, 0.3) is 5.91 Å². The predicted molar refractivity (Wildman–Crippen MR) is 213 cm³/mol. The fraction of sp³-hybridized carbons (Fsp3) is 0.659. The Bertz CT molecular complexity index is 1610. The number of primary amides is 1. The van der Waals surface area contributed by atoms with Crippen molar-refractivity contribution in [2.45, 2.75) is 129 Å². The maximum Gasteiger partial charge on any atom is 0.336 e. The highest BCUT2D eigenvalue weighted by molar-refractivity contribution is 5.97. The minimum atomic E-state index is -1.49. The summed E-state index contributed by atoms with van der Waals surface area (Å²) in [6.07, 6.45) is -1.86. The van der Waals surface area contributed by atoms with Crippen LogP contribution < -0.4 is 16.4 Å². The van der Waals surface area contributed by atoms with Crippen LogP contribution in [0.1, 0.15) is 86.1 Å². The zero-order chi connectivity index (χ0) is 44.0. The van der Waals surface area contributed by atoms with Crippen molar-refractivity contribution in [3.8, 4) is 0 Å². The van der Waals surface area contributed by atoms with E-state index in [0.29, 0.717) is 25.8 Å². The second kappa shape index (κ2) is 22.8. The van der Waals surface area contributed by atoms with Crippen LogP contribution >= 0.6 is 0 Å². The molecule has 1 aliphatic heterocycles. The van der Waals surface area contributed by atoms with Gasteiger partial charge in [-0.1, -0.05) is 78.3 Å². The Morgan fingerprint density at radius 2 is 1.48 bits per heavy atom. The summed E-state index contributed by atoms with van der Waals surface area (Å²) in [4.78, 5) is 111. The molecule has 5 N–H and O–H groups in total. The van der Waals surface area contributed by atoms with Crippen molar-refractivity contribution in [1.82, 2.24) is 25.3 Å². The van der Waals surface area contributed by atoms with Crippen LogP contribution in [0.3, 0.4) is 0 Å². The number of nitrogens with two attached hydrogens (primary N) is 1. The Morgan fingerprint density at radius 1 is 0.879 bits per heavy atom. The number of carbonyl (C=O) groups is 8. The Hall–Kier alpha value is -5.06. The van der Waals surface area contributed by atoms with Gasteiger partial charge in [-0.3, -0.25) is 28.8 Å². The molecule has 58 heavy (non-hydrogen) atoms. The average Bonchev–Trinajstić information content (AvgIpc) is 3.69. The lowest BCUT2D eigenvalue weighted by atomic mass is 9.96. The number of benzene rings is 1. The van der Waals surface area contributed by atoms with E-state index in [0.717, 1.165) is 10.5 Å². The maximum absolute atomic E-state index is 14.1. The maximum atomic E-state index is 14.1. The minimum Gasteiger partial charge on any atom is -0.467 e. The molecule has 1 aromatic carbocycles. The van der Waals surface area contributed by atoms with E-state index in [4.69, 9.17) is 15.2 Å². The Labute approximate surface area is 341 Å². The third-order valence-corrected chi connectivity index (χ3v) is 10.7. The molecular formula is C41H64N6O11. The van der Waals surface area contributed by atoms with Crippen molar-refractivity contribution in [1.29, 1.82) is 0 Å². The van der Waals surface area contributed by atoms with Crippen LogP contribution in [0.25, 0.3) is 0 Å².